The van der Waals surface area contributed by atoms with Crippen LogP contribution in [0.1, 0.15) is 202 Å². The van der Waals surface area contributed by atoms with Crippen molar-refractivity contribution >= 4 is 43.5 Å². The van der Waals surface area contributed by atoms with Crippen LogP contribution in [0.25, 0.3) is 0 Å². The highest BCUT2D eigenvalue weighted by Gasteiger charge is 2.34. The number of methoxy groups -OCH3 is 3. The number of nitrogens with one attached hydrogen (secondary N) is 3. The Bertz CT molecular complexity index is 1930. The van der Waals surface area contributed by atoms with E-state index >= 15 is 4.57 Å². The monoisotopic (exact) mass is 1010 g/mol. The molecule has 0 saturated heterocycles. The van der Waals surface area contributed by atoms with Gasteiger partial charge in [-0.25, -0.2) is 18.9 Å². The highest BCUT2D eigenvalue weighted by Crippen LogP contribution is 2.51. The molecule has 71 heavy (non-hydrogen) atoms. The van der Waals surface area contributed by atoms with Gasteiger partial charge in [0.05, 0.1) is 76.0 Å². The second-order valence-electron chi connectivity index (χ2n) is 17.5. The summed E-state index contributed by atoms with van der Waals surface area (Å²) in [6.07, 6.45) is 14.3. The summed E-state index contributed by atoms with van der Waals surface area (Å²) < 4.78 is 48.8. The average Bonchev–Trinajstić information content (AvgIpc) is 3.39. The molecule has 0 aromatic heterocycles. The second kappa shape index (κ2) is 34.0. The van der Waals surface area contributed by atoms with Crippen LogP contribution in [-0.2, 0) is 46.7 Å². The molecule has 0 aliphatic carbocycles. The van der Waals surface area contributed by atoms with Crippen molar-refractivity contribution in [2.75, 3.05) is 41.2 Å². The molecular formula is C54H78N3O13P. The summed E-state index contributed by atoms with van der Waals surface area (Å²) in [6.45, 7) is 4.87. The van der Waals surface area contributed by atoms with Crippen LogP contribution in [0.2, 0.25) is 0 Å². The van der Waals surface area contributed by atoms with E-state index in [0.29, 0.717) is 36.0 Å². The number of phosphoric ester groups is 1. The van der Waals surface area contributed by atoms with E-state index in [4.69, 9.17) is 27.8 Å². The first kappa shape index (κ1) is 59.9. The van der Waals surface area contributed by atoms with Crippen molar-refractivity contribution < 1.29 is 61.1 Å². The van der Waals surface area contributed by atoms with E-state index in [9.17, 15) is 28.8 Å². The van der Waals surface area contributed by atoms with Gasteiger partial charge in [0.15, 0.2) is 0 Å². The normalized spacial score (nSPS) is 13.2. The number of ether oxygens (including phenoxy) is 3. The SMILES string of the molecule is CCCCCCCC(=O)NC(COP(=O)(OCC(NC(=O)CCCCCCC)c1cccc(C(=O)OC)c1)OCC(NC(=O)CCCCCCC)c1cccc(C(=O)OC)c1)c1cccc(C(=O)OC)c1. The van der Waals surface area contributed by atoms with Gasteiger partial charge in [-0.3, -0.25) is 28.0 Å². The molecule has 392 valence electrons. The number of unbranched alkanes of at least 4 members (excludes halogenated alkanes) is 12. The molecule has 0 radical (unpaired) electrons. The zero-order valence-corrected chi connectivity index (χ0v) is 43.7. The van der Waals surface area contributed by atoms with Gasteiger partial charge >= 0.3 is 25.7 Å². The highest BCUT2D eigenvalue weighted by molar-refractivity contribution is 7.48. The smallest absolute Gasteiger partial charge is 0.465 e. The molecule has 3 amide bonds. The topological polar surface area (TPSA) is 211 Å². The number of amides is 3. The Hall–Kier alpha value is -5.41. The molecule has 0 heterocycles. The maximum absolute atomic E-state index is 15.3. The Labute approximate surface area is 421 Å². The van der Waals surface area contributed by atoms with E-state index in [1.54, 1.807) is 54.6 Å². The Morgan fingerprint density at radius 3 is 0.944 bits per heavy atom. The van der Waals surface area contributed by atoms with Gasteiger partial charge in [-0.1, -0.05) is 134 Å². The van der Waals surface area contributed by atoms with Crippen molar-refractivity contribution in [3.05, 3.63) is 106 Å². The first-order valence-corrected chi connectivity index (χ1v) is 26.7. The van der Waals surface area contributed by atoms with E-state index in [-0.39, 0.29) is 53.7 Å². The van der Waals surface area contributed by atoms with Crippen LogP contribution >= 0.6 is 7.82 Å². The number of carbonyl (C=O) groups excluding carboxylic acids is 6. The molecule has 0 aliphatic rings. The molecule has 0 saturated carbocycles. The molecule has 0 fully saturated rings. The van der Waals surface area contributed by atoms with Crippen molar-refractivity contribution in [1.29, 1.82) is 0 Å². The molecule has 0 spiro atoms. The lowest BCUT2D eigenvalue weighted by molar-refractivity contribution is -0.122. The lowest BCUT2D eigenvalue weighted by atomic mass is 10.0. The molecule has 0 aliphatic heterocycles. The van der Waals surface area contributed by atoms with Crippen molar-refractivity contribution in [1.82, 2.24) is 16.0 Å². The third-order valence-electron chi connectivity index (χ3n) is 11.9. The highest BCUT2D eigenvalue weighted by atomic mass is 31.2. The number of benzene rings is 3. The lowest BCUT2D eigenvalue weighted by Gasteiger charge is -2.27. The standard InChI is InChI=1S/C54H78N3O13P/c1-7-10-13-16-19-31-49(58)55-46(40-25-22-28-43(34-40)52(61)65-4)37-68-71(64,69-38-47(56-50(59)32-20-17-14-11-8-2)41-26-23-29-44(35-41)53(62)66-5)70-39-48(57-51(60)33-21-18-15-12-9-3)42-27-24-30-45(36-42)54(63)67-6/h22-30,34-36,46-48H,7-21,31-33,37-39H2,1-6H3,(H,55,58)(H,56,59)(H,57,60). The van der Waals surface area contributed by atoms with Crippen LogP contribution in [-0.4, -0.2) is 76.8 Å². The van der Waals surface area contributed by atoms with E-state index < -0.39 is 63.7 Å². The van der Waals surface area contributed by atoms with Crippen molar-refractivity contribution in [3.8, 4) is 0 Å². The molecule has 3 atom stereocenters. The predicted octanol–water partition coefficient (Wildman–Crippen LogP) is 11.2. The summed E-state index contributed by atoms with van der Waals surface area (Å²) >= 11 is 0. The minimum Gasteiger partial charge on any atom is -0.465 e. The zero-order valence-electron chi connectivity index (χ0n) is 42.8. The van der Waals surface area contributed by atoms with Gasteiger partial charge in [0.25, 0.3) is 0 Å². The number of esters is 3. The summed E-state index contributed by atoms with van der Waals surface area (Å²) in [7, 11) is -1.05. The summed E-state index contributed by atoms with van der Waals surface area (Å²) in [5, 5.41) is 8.92. The molecular weight excluding hydrogens is 930 g/mol. The van der Waals surface area contributed by atoms with Gasteiger partial charge in [-0.15, -0.1) is 0 Å². The lowest BCUT2D eigenvalue weighted by Crippen LogP contribution is -2.33. The third-order valence-corrected chi connectivity index (χ3v) is 13.3. The van der Waals surface area contributed by atoms with Crippen molar-refractivity contribution in [3.63, 3.8) is 0 Å². The fraction of sp³-hybridized carbons (Fsp3) is 0.556. The quantitative estimate of drug-likeness (QED) is 0.0214. The average molecular weight is 1010 g/mol. The number of phosphoric acid groups is 1. The van der Waals surface area contributed by atoms with Gasteiger partial charge in [-0.2, -0.15) is 0 Å². The van der Waals surface area contributed by atoms with Crippen LogP contribution < -0.4 is 16.0 Å². The fourth-order valence-electron chi connectivity index (χ4n) is 7.74. The molecule has 3 unspecified atom stereocenters. The van der Waals surface area contributed by atoms with Crippen LogP contribution in [0.15, 0.2) is 72.8 Å². The molecule has 17 heteroatoms. The van der Waals surface area contributed by atoms with Crippen molar-refractivity contribution in [2.24, 2.45) is 0 Å². The first-order valence-electron chi connectivity index (χ1n) is 25.3. The Morgan fingerprint density at radius 2 is 0.690 bits per heavy atom. The number of carbonyl (C=O) groups is 6. The third kappa shape index (κ3) is 22.7. The molecule has 3 aromatic rings. The Kier molecular flexibility index (Phi) is 28.7. The molecule has 3 rings (SSSR count). The first-order chi connectivity index (χ1) is 34.3. The summed E-state index contributed by atoms with van der Waals surface area (Å²) in [6, 6.07) is 16.3. The van der Waals surface area contributed by atoms with Crippen molar-refractivity contribution in [2.45, 2.75) is 154 Å². The summed E-state index contributed by atoms with van der Waals surface area (Å²) in [5.41, 5.74) is 1.92. The van der Waals surface area contributed by atoms with Crippen LogP contribution in [0, 0.1) is 0 Å². The number of hydrogen-bond acceptors (Lipinski definition) is 13. The Balaban J connectivity index is 2.09. The Morgan fingerprint density at radius 1 is 0.423 bits per heavy atom. The maximum atomic E-state index is 15.3. The van der Waals surface area contributed by atoms with Gasteiger partial charge in [0, 0.05) is 19.3 Å². The van der Waals surface area contributed by atoms with Crippen LogP contribution in [0.3, 0.4) is 0 Å². The van der Waals surface area contributed by atoms with Crippen LogP contribution in [0.5, 0.6) is 0 Å². The minimum atomic E-state index is -4.81. The molecule has 0 bridgehead atoms. The largest absolute Gasteiger partial charge is 0.475 e. The molecule has 16 nitrogen and oxygen atoms in total. The van der Waals surface area contributed by atoms with Gasteiger partial charge < -0.3 is 30.2 Å². The number of hydrogen-bond donors (Lipinski definition) is 3. The van der Waals surface area contributed by atoms with Gasteiger partial charge in [0.2, 0.25) is 17.7 Å². The predicted molar refractivity (Wildman–Crippen MR) is 272 cm³/mol. The zero-order chi connectivity index (χ0) is 51.9. The summed E-state index contributed by atoms with van der Waals surface area (Å²) in [5.74, 6) is -2.74. The molecule has 3 aromatic carbocycles. The van der Waals surface area contributed by atoms with E-state index in [2.05, 4.69) is 36.7 Å². The fourth-order valence-corrected chi connectivity index (χ4v) is 8.96. The van der Waals surface area contributed by atoms with Gasteiger partial charge in [0.1, 0.15) is 0 Å². The maximum Gasteiger partial charge on any atom is 0.475 e. The number of rotatable bonds is 36. The van der Waals surface area contributed by atoms with Gasteiger partial charge in [-0.05, 0) is 72.4 Å². The second-order valence-corrected chi connectivity index (χ2v) is 19.2. The summed E-state index contributed by atoms with van der Waals surface area (Å²) in [4.78, 5) is 78.5. The van der Waals surface area contributed by atoms with E-state index in [1.807, 2.05) is 0 Å². The van der Waals surface area contributed by atoms with Crippen LogP contribution in [0.4, 0.5) is 0 Å². The minimum absolute atomic E-state index is 0.204. The van der Waals surface area contributed by atoms with E-state index in [0.717, 1.165) is 77.0 Å². The van der Waals surface area contributed by atoms with E-state index in [1.165, 1.54) is 39.5 Å². The molecule has 3 N–H and O–H groups in total.